The Morgan fingerprint density at radius 2 is 2.04 bits per heavy atom. The third-order valence-corrected chi connectivity index (χ3v) is 4.56. The van der Waals surface area contributed by atoms with E-state index in [0.29, 0.717) is 17.5 Å². The molecule has 1 atom stereocenters. The summed E-state index contributed by atoms with van der Waals surface area (Å²) in [6.07, 6.45) is 1.65. The van der Waals surface area contributed by atoms with E-state index in [9.17, 15) is 4.79 Å². The molecule has 1 heterocycles. The van der Waals surface area contributed by atoms with Gasteiger partial charge in [-0.25, -0.2) is 0 Å². The largest absolute Gasteiger partial charge is 0.497 e. The molecule has 134 valence electrons. The van der Waals surface area contributed by atoms with Crippen LogP contribution in [0.1, 0.15) is 12.7 Å². The summed E-state index contributed by atoms with van der Waals surface area (Å²) in [5.74, 6) is 2.10. The molecule has 1 aromatic heterocycles. The molecule has 0 fully saturated rings. The number of carbonyl (C=O) groups excluding carboxylic acids is 1. The first-order valence-corrected chi connectivity index (χ1v) is 8.63. The van der Waals surface area contributed by atoms with Gasteiger partial charge < -0.3 is 19.4 Å². The Labute approximate surface area is 151 Å². The Morgan fingerprint density at radius 3 is 2.68 bits per heavy atom. The first-order valence-electron chi connectivity index (χ1n) is 7.75. The Bertz CT molecular complexity index is 715. The second-order valence-corrected chi connectivity index (χ2v) is 6.52. The fraction of sp³-hybridized carbons (Fsp3) is 0.353. The maximum atomic E-state index is 11.9. The van der Waals surface area contributed by atoms with Crippen LogP contribution in [-0.4, -0.2) is 39.6 Å². The normalized spacial score (nSPS) is 11.6. The third-order valence-electron chi connectivity index (χ3n) is 3.42. The van der Waals surface area contributed by atoms with Crippen molar-refractivity contribution in [2.24, 2.45) is 7.05 Å². The molecule has 0 unspecified atom stereocenters. The number of thioether (sulfide) groups is 1. The molecule has 0 radical (unpaired) electrons. The number of rotatable bonds is 9. The summed E-state index contributed by atoms with van der Waals surface area (Å²) in [5, 5.41) is 11.4. The molecule has 0 aliphatic rings. The van der Waals surface area contributed by atoms with Crippen molar-refractivity contribution in [2.45, 2.75) is 23.9 Å². The number of hydrogen-bond acceptors (Lipinski definition) is 6. The molecule has 0 bridgehead atoms. The van der Waals surface area contributed by atoms with Gasteiger partial charge in [0.25, 0.3) is 0 Å². The van der Waals surface area contributed by atoms with Crippen LogP contribution in [0.3, 0.4) is 0 Å². The van der Waals surface area contributed by atoms with Gasteiger partial charge in [0, 0.05) is 13.6 Å². The minimum absolute atomic E-state index is 0.0658. The predicted molar refractivity (Wildman–Crippen MR) is 96.9 cm³/mol. The first-order chi connectivity index (χ1) is 12.0. The molecule has 0 spiro atoms. The summed E-state index contributed by atoms with van der Waals surface area (Å²) < 4.78 is 12.6. The summed E-state index contributed by atoms with van der Waals surface area (Å²) >= 11 is 1.35. The summed E-state index contributed by atoms with van der Waals surface area (Å²) in [7, 11) is 3.47. The van der Waals surface area contributed by atoms with Crippen LogP contribution in [0.2, 0.25) is 0 Å². The summed E-state index contributed by atoms with van der Waals surface area (Å²) in [6.45, 7) is 6.14. The van der Waals surface area contributed by atoms with Crippen LogP contribution in [0.5, 0.6) is 11.5 Å². The molecular weight excluding hydrogens is 340 g/mol. The molecule has 0 aliphatic heterocycles. The number of amides is 1. The number of benzene rings is 1. The van der Waals surface area contributed by atoms with E-state index in [4.69, 9.17) is 9.47 Å². The number of aromatic nitrogens is 3. The lowest BCUT2D eigenvalue weighted by Gasteiger charge is -2.11. The number of nitrogens with zero attached hydrogens (tertiary/aromatic N) is 3. The highest BCUT2D eigenvalue weighted by Gasteiger charge is 2.18. The first kappa shape index (κ1) is 18.9. The summed E-state index contributed by atoms with van der Waals surface area (Å²) in [5.41, 5.74) is 0. The van der Waals surface area contributed by atoms with E-state index >= 15 is 0 Å². The van der Waals surface area contributed by atoms with Crippen LogP contribution in [-0.2, 0) is 18.4 Å². The lowest BCUT2D eigenvalue weighted by Crippen LogP contribution is -2.31. The van der Waals surface area contributed by atoms with Crippen molar-refractivity contribution < 1.29 is 14.3 Å². The maximum absolute atomic E-state index is 11.9. The van der Waals surface area contributed by atoms with Gasteiger partial charge in [0.05, 0.1) is 12.4 Å². The second kappa shape index (κ2) is 9.12. The monoisotopic (exact) mass is 362 g/mol. The van der Waals surface area contributed by atoms with E-state index < -0.39 is 0 Å². The lowest BCUT2D eigenvalue weighted by atomic mass is 10.3. The Balaban J connectivity index is 1.93. The molecule has 25 heavy (non-hydrogen) atoms. The zero-order valence-corrected chi connectivity index (χ0v) is 15.4. The molecular formula is C17H22N4O3S. The summed E-state index contributed by atoms with van der Waals surface area (Å²) in [6, 6.07) is 7.32. The van der Waals surface area contributed by atoms with Gasteiger partial charge in [-0.1, -0.05) is 17.8 Å². The molecule has 2 rings (SSSR count). The Morgan fingerprint density at radius 1 is 1.36 bits per heavy atom. The van der Waals surface area contributed by atoms with Gasteiger partial charge in [-0.3, -0.25) is 4.79 Å². The molecule has 0 saturated carbocycles. The maximum Gasteiger partial charge on any atom is 0.233 e. The smallest absolute Gasteiger partial charge is 0.233 e. The van der Waals surface area contributed by atoms with Crippen LogP contribution in [0.25, 0.3) is 0 Å². The number of carbonyl (C=O) groups is 1. The molecule has 1 amide bonds. The third kappa shape index (κ3) is 5.25. The van der Waals surface area contributed by atoms with Crippen molar-refractivity contribution >= 4 is 17.7 Å². The van der Waals surface area contributed by atoms with E-state index in [1.165, 1.54) is 11.8 Å². The zero-order valence-electron chi connectivity index (χ0n) is 14.6. The van der Waals surface area contributed by atoms with Gasteiger partial charge >= 0.3 is 0 Å². The zero-order chi connectivity index (χ0) is 18.2. The molecule has 7 nitrogen and oxygen atoms in total. The SMILES string of the molecule is C=CCNC(=O)[C@H](C)Sc1nnc(COc2ccc(OC)cc2)n1C. The van der Waals surface area contributed by atoms with Crippen LogP contribution >= 0.6 is 11.8 Å². The average Bonchev–Trinajstić information content (AvgIpc) is 2.98. The fourth-order valence-corrected chi connectivity index (χ4v) is 2.78. The van der Waals surface area contributed by atoms with Crippen molar-refractivity contribution in [3.63, 3.8) is 0 Å². The Hall–Kier alpha value is -2.48. The Kier molecular flexibility index (Phi) is 6.88. The minimum atomic E-state index is -0.279. The van der Waals surface area contributed by atoms with Gasteiger partial charge in [0.1, 0.15) is 18.1 Å². The molecule has 1 aromatic carbocycles. The van der Waals surface area contributed by atoms with E-state index in [1.807, 2.05) is 42.8 Å². The van der Waals surface area contributed by atoms with Gasteiger partial charge in [0.2, 0.25) is 5.91 Å². The van der Waals surface area contributed by atoms with Crippen LogP contribution in [0, 0.1) is 0 Å². The van der Waals surface area contributed by atoms with E-state index in [2.05, 4.69) is 22.1 Å². The molecule has 1 N–H and O–H groups in total. The number of methoxy groups -OCH3 is 1. The van der Waals surface area contributed by atoms with E-state index in [1.54, 1.807) is 13.2 Å². The highest BCUT2D eigenvalue weighted by molar-refractivity contribution is 8.00. The van der Waals surface area contributed by atoms with Crippen LogP contribution in [0.4, 0.5) is 0 Å². The number of nitrogens with one attached hydrogen (secondary N) is 1. The molecule has 2 aromatic rings. The topological polar surface area (TPSA) is 78.3 Å². The van der Waals surface area contributed by atoms with Gasteiger partial charge in [0.15, 0.2) is 11.0 Å². The quantitative estimate of drug-likeness (QED) is 0.544. The standard InChI is InChI=1S/C17H22N4O3S/c1-5-10-18-16(22)12(2)25-17-20-19-15(21(17)3)11-24-14-8-6-13(23-4)7-9-14/h5-9,12H,1,10-11H2,2-4H3,(H,18,22)/t12-/m0/s1. The van der Waals surface area contributed by atoms with Crippen molar-refractivity contribution in [1.82, 2.24) is 20.1 Å². The second-order valence-electron chi connectivity index (χ2n) is 5.22. The van der Waals surface area contributed by atoms with Crippen molar-refractivity contribution in [3.05, 3.63) is 42.7 Å². The number of hydrogen-bond donors (Lipinski definition) is 1. The summed E-state index contributed by atoms with van der Waals surface area (Å²) in [4.78, 5) is 11.9. The van der Waals surface area contributed by atoms with Crippen LogP contribution in [0.15, 0.2) is 42.1 Å². The van der Waals surface area contributed by atoms with Crippen molar-refractivity contribution in [3.8, 4) is 11.5 Å². The van der Waals surface area contributed by atoms with Gasteiger partial charge in [-0.2, -0.15) is 0 Å². The average molecular weight is 362 g/mol. The molecule has 8 heteroatoms. The predicted octanol–water partition coefficient (Wildman–Crippen LogP) is 2.19. The van der Waals surface area contributed by atoms with Crippen molar-refractivity contribution in [2.75, 3.05) is 13.7 Å². The highest BCUT2D eigenvalue weighted by atomic mass is 32.2. The fourth-order valence-electron chi connectivity index (χ4n) is 1.92. The highest BCUT2D eigenvalue weighted by Crippen LogP contribution is 2.22. The van der Waals surface area contributed by atoms with Crippen molar-refractivity contribution in [1.29, 1.82) is 0 Å². The van der Waals surface area contributed by atoms with E-state index in [0.717, 1.165) is 11.5 Å². The minimum Gasteiger partial charge on any atom is -0.497 e. The van der Waals surface area contributed by atoms with Gasteiger partial charge in [-0.15, -0.1) is 16.8 Å². The van der Waals surface area contributed by atoms with Gasteiger partial charge in [-0.05, 0) is 31.2 Å². The molecule has 0 saturated heterocycles. The van der Waals surface area contributed by atoms with Crippen LogP contribution < -0.4 is 14.8 Å². The number of ether oxygens (including phenoxy) is 2. The van der Waals surface area contributed by atoms with E-state index in [-0.39, 0.29) is 17.8 Å². The molecule has 0 aliphatic carbocycles. The lowest BCUT2D eigenvalue weighted by molar-refractivity contribution is -0.120.